The van der Waals surface area contributed by atoms with Gasteiger partial charge >= 0.3 is 0 Å². The summed E-state index contributed by atoms with van der Waals surface area (Å²) in [5.41, 5.74) is 3.97. The Balaban J connectivity index is 1.60. The Labute approximate surface area is 178 Å². The van der Waals surface area contributed by atoms with Crippen molar-refractivity contribution in [2.24, 2.45) is 0 Å². The molecule has 2 amide bonds. The summed E-state index contributed by atoms with van der Waals surface area (Å²) in [4.78, 5) is 32.3. The number of hydrogen-bond acceptors (Lipinski definition) is 4. The van der Waals surface area contributed by atoms with Crippen LogP contribution in [-0.4, -0.2) is 50.1 Å². The number of fused-ring (bicyclic) bond motifs is 2. The van der Waals surface area contributed by atoms with E-state index in [2.05, 4.69) is 17.1 Å². The van der Waals surface area contributed by atoms with Crippen molar-refractivity contribution in [3.63, 3.8) is 0 Å². The highest BCUT2D eigenvalue weighted by molar-refractivity contribution is 6.08. The summed E-state index contributed by atoms with van der Waals surface area (Å²) in [6, 6.07) is 13.2. The highest BCUT2D eigenvalue weighted by Crippen LogP contribution is 2.35. The summed E-state index contributed by atoms with van der Waals surface area (Å²) in [5.74, 6) is -0.0740. The van der Waals surface area contributed by atoms with Gasteiger partial charge in [-0.25, -0.2) is 0 Å². The maximum atomic E-state index is 13.1. The molecular formula is C24H30N4O2. The van der Waals surface area contributed by atoms with Crippen molar-refractivity contribution in [2.75, 3.05) is 42.3 Å². The molecule has 2 aromatic carbocycles. The fourth-order valence-electron chi connectivity index (χ4n) is 4.49. The molecule has 2 aliphatic rings. The van der Waals surface area contributed by atoms with E-state index in [0.717, 1.165) is 55.8 Å². The molecule has 6 nitrogen and oxygen atoms in total. The minimum atomic E-state index is -0.165. The number of anilines is 3. The zero-order chi connectivity index (χ0) is 21.3. The number of rotatable bonds is 4. The summed E-state index contributed by atoms with van der Waals surface area (Å²) in [6.45, 7) is 3.73. The van der Waals surface area contributed by atoms with E-state index in [1.165, 1.54) is 0 Å². The molecule has 0 spiro atoms. The van der Waals surface area contributed by atoms with Crippen LogP contribution in [0.3, 0.4) is 0 Å². The van der Waals surface area contributed by atoms with Crippen LogP contribution in [-0.2, 0) is 0 Å². The van der Waals surface area contributed by atoms with E-state index in [0.29, 0.717) is 11.1 Å². The van der Waals surface area contributed by atoms with Crippen molar-refractivity contribution in [1.29, 1.82) is 0 Å². The number of carbonyl (C=O) groups excluding carboxylic acids is 2. The number of benzene rings is 2. The standard InChI is InChI=1S/C24H30N4O2/c1-4-27-21-16-17(23(29)25-18-10-12-19(13-11-18)26(2)3)9-14-20(21)24(30)28-15-7-5-6-8-22(27)28/h9-14,16,22H,4-8,15H2,1-3H3,(H,25,29)/t22-/m1/s1. The molecule has 0 bridgehead atoms. The molecule has 0 saturated carbocycles. The summed E-state index contributed by atoms with van der Waals surface area (Å²) in [7, 11) is 3.97. The van der Waals surface area contributed by atoms with E-state index < -0.39 is 0 Å². The van der Waals surface area contributed by atoms with E-state index >= 15 is 0 Å². The van der Waals surface area contributed by atoms with Gasteiger partial charge in [-0.1, -0.05) is 6.42 Å². The lowest BCUT2D eigenvalue weighted by atomic mass is 10.0. The normalized spacial score (nSPS) is 18.4. The first-order chi connectivity index (χ1) is 14.5. The Hall–Kier alpha value is -3.02. The Morgan fingerprint density at radius 2 is 1.87 bits per heavy atom. The second-order valence-corrected chi connectivity index (χ2v) is 8.24. The van der Waals surface area contributed by atoms with E-state index in [9.17, 15) is 9.59 Å². The maximum absolute atomic E-state index is 13.1. The molecule has 1 atom stereocenters. The second-order valence-electron chi connectivity index (χ2n) is 8.24. The Morgan fingerprint density at radius 1 is 1.10 bits per heavy atom. The molecule has 4 rings (SSSR count). The molecule has 0 aliphatic carbocycles. The van der Waals surface area contributed by atoms with E-state index in [1.54, 1.807) is 6.07 Å². The summed E-state index contributed by atoms with van der Waals surface area (Å²) in [5, 5.41) is 2.97. The molecule has 2 aromatic rings. The lowest BCUT2D eigenvalue weighted by molar-refractivity contribution is 0.0656. The Morgan fingerprint density at radius 3 is 2.57 bits per heavy atom. The zero-order valence-corrected chi connectivity index (χ0v) is 18.0. The van der Waals surface area contributed by atoms with Gasteiger partial charge in [0, 0.05) is 44.1 Å². The third kappa shape index (κ3) is 3.74. The lowest BCUT2D eigenvalue weighted by Crippen LogP contribution is -2.55. The van der Waals surface area contributed by atoms with E-state index in [1.807, 2.05) is 60.3 Å². The van der Waals surface area contributed by atoms with Gasteiger partial charge in [0.25, 0.3) is 11.8 Å². The fourth-order valence-corrected chi connectivity index (χ4v) is 4.49. The summed E-state index contributed by atoms with van der Waals surface area (Å²) < 4.78 is 0. The molecule has 0 radical (unpaired) electrons. The van der Waals surface area contributed by atoms with Crippen molar-refractivity contribution in [1.82, 2.24) is 4.90 Å². The molecule has 2 aliphatic heterocycles. The van der Waals surface area contributed by atoms with Gasteiger partial charge < -0.3 is 20.0 Å². The topological polar surface area (TPSA) is 55.9 Å². The van der Waals surface area contributed by atoms with Gasteiger partial charge in [-0.2, -0.15) is 0 Å². The van der Waals surface area contributed by atoms with Gasteiger partial charge in [0.05, 0.1) is 11.3 Å². The van der Waals surface area contributed by atoms with Crippen LogP contribution < -0.4 is 15.1 Å². The average Bonchev–Trinajstić information content (AvgIpc) is 3.00. The van der Waals surface area contributed by atoms with Crippen LogP contribution in [0.25, 0.3) is 0 Å². The highest BCUT2D eigenvalue weighted by Gasteiger charge is 2.37. The van der Waals surface area contributed by atoms with Crippen LogP contribution >= 0.6 is 0 Å². The Kier molecular flexibility index (Phi) is 5.66. The minimum absolute atomic E-state index is 0.0906. The second kappa shape index (κ2) is 8.38. The monoisotopic (exact) mass is 406 g/mol. The molecule has 0 aromatic heterocycles. The summed E-state index contributed by atoms with van der Waals surface area (Å²) in [6.07, 6.45) is 4.42. The van der Waals surface area contributed by atoms with Crippen molar-refractivity contribution in [3.8, 4) is 0 Å². The summed E-state index contributed by atoms with van der Waals surface area (Å²) >= 11 is 0. The number of hydrogen-bond donors (Lipinski definition) is 1. The van der Waals surface area contributed by atoms with Crippen LogP contribution in [0.15, 0.2) is 42.5 Å². The predicted octanol–water partition coefficient (Wildman–Crippen LogP) is 4.19. The first-order valence-corrected chi connectivity index (χ1v) is 10.8. The molecule has 158 valence electrons. The molecule has 2 heterocycles. The lowest BCUT2D eigenvalue weighted by Gasteiger charge is -2.44. The van der Waals surface area contributed by atoms with E-state index in [-0.39, 0.29) is 18.0 Å². The first-order valence-electron chi connectivity index (χ1n) is 10.8. The molecule has 0 unspecified atom stereocenters. The van der Waals surface area contributed by atoms with Crippen LogP contribution in [0.5, 0.6) is 0 Å². The van der Waals surface area contributed by atoms with Gasteiger partial charge in [0.15, 0.2) is 0 Å². The fraction of sp³-hybridized carbons (Fsp3) is 0.417. The molecule has 30 heavy (non-hydrogen) atoms. The molecule has 1 N–H and O–H groups in total. The largest absolute Gasteiger partial charge is 0.378 e. The van der Waals surface area contributed by atoms with Crippen LogP contribution in [0.1, 0.15) is 53.3 Å². The van der Waals surface area contributed by atoms with Gasteiger partial charge in [-0.3, -0.25) is 9.59 Å². The Bertz CT molecular complexity index is 939. The van der Waals surface area contributed by atoms with Crippen LogP contribution in [0.2, 0.25) is 0 Å². The SMILES string of the molecule is CCN1c2cc(C(=O)Nc3ccc(N(C)C)cc3)ccc2C(=O)N2CCCCC[C@@H]21. The predicted molar refractivity (Wildman–Crippen MR) is 121 cm³/mol. The quantitative estimate of drug-likeness (QED) is 0.827. The zero-order valence-electron chi connectivity index (χ0n) is 18.0. The van der Waals surface area contributed by atoms with Crippen molar-refractivity contribution in [3.05, 3.63) is 53.6 Å². The third-order valence-corrected chi connectivity index (χ3v) is 6.12. The number of carbonyl (C=O) groups is 2. The van der Waals surface area contributed by atoms with Crippen molar-refractivity contribution < 1.29 is 9.59 Å². The van der Waals surface area contributed by atoms with Gasteiger partial charge in [0.2, 0.25) is 0 Å². The molecular weight excluding hydrogens is 376 g/mol. The minimum Gasteiger partial charge on any atom is -0.378 e. The third-order valence-electron chi connectivity index (χ3n) is 6.12. The first kappa shape index (κ1) is 20.3. The van der Waals surface area contributed by atoms with Crippen molar-refractivity contribution >= 4 is 28.9 Å². The number of amides is 2. The van der Waals surface area contributed by atoms with Crippen LogP contribution in [0, 0.1) is 0 Å². The molecule has 6 heteroatoms. The van der Waals surface area contributed by atoms with Gasteiger partial charge in [-0.15, -0.1) is 0 Å². The highest BCUT2D eigenvalue weighted by atomic mass is 16.2. The molecule has 1 fully saturated rings. The number of nitrogens with zero attached hydrogens (tertiary/aromatic N) is 3. The average molecular weight is 407 g/mol. The van der Waals surface area contributed by atoms with Gasteiger partial charge in [0.1, 0.15) is 6.17 Å². The van der Waals surface area contributed by atoms with E-state index in [4.69, 9.17) is 0 Å². The number of nitrogens with one attached hydrogen (secondary N) is 1. The van der Waals surface area contributed by atoms with Crippen molar-refractivity contribution in [2.45, 2.75) is 38.8 Å². The smallest absolute Gasteiger partial charge is 0.257 e. The van der Waals surface area contributed by atoms with Crippen LogP contribution in [0.4, 0.5) is 17.1 Å². The molecule has 1 saturated heterocycles. The van der Waals surface area contributed by atoms with Gasteiger partial charge in [-0.05, 0) is 68.7 Å². The maximum Gasteiger partial charge on any atom is 0.257 e.